The van der Waals surface area contributed by atoms with Crippen LogP contribution in [-0.4, -0.2) is 10.1 Å². The van der Waals surface area contributed by atoms with Crippen molar-refractivity contribution in [3.8, 4) is 5.75 Å². The quantitative estimate of drug-likeness (QED) is 0.772. The summed E-state index contributed by atoms with van der Waals surface area (Å²) in [5.41, 5.74) is 0.851. The van der Waals surface area contributed by atoms with E-state index in [0.717, 1.165) is 19.7 Å². The minimum atomic E-state index is 0.296. The first-order chi connectivity index (χ1) is 5.66. The molecule has 0 fully saturated rings. The Morgan fingerprint density at radius 2 is 2.25 bits per heavy atom. The number of phenols is 1. The SMILES string of the molecule is Cc1nc2cc(Br)cc(O)c2s1. The van der Waals surface area contributed by atoms with Gasteiger partial charge in [-0.15, -0.1) is 11.3 Å². The molecule has 0 bridgehead atoms. The first-order valence-corrected chi connectivity index (χ1v) is 5.03. The smallest absolute Gasteiger partial charge is 0.136 e. The zero-order valence-corrected chi connectivity index (χ0v) is 8.74. The molecule has 0 aliphatic heterocycles. The molecule has 2 rings (SSSR count). The van der Waals surface area contributed by atoms with Gasteiger partial charge in [0.05, 0.1) is 15.2 Å². The Hall–Kier alpha value is -0.610. The van der Waals surface area contributed by atoms with E-state index in [0.29, 0.717) is 5.75 Å². The van der Waals surface area contributed by atoms with Gasteiger partial charge >= 0.3 is 0 Å². The second-order valence-electron chi connectivity index (χ2n) is 2.51. The van der Waals surface area contributed by atoms with Gasteiger partial charge in [0.1, 0.15) is 5.75 Å². The topological polar surface area (TPSA) is 33.1 Å². The zero-order valence-electron chi connectivity index (χ0n) is 6.34. The maximum Gasteiger partial charge on any atom is 0.136 e. The number of thiazole rings is 1. The molecule has 0 unspecified atom stereocenters. The normalized spacial score (nSPS) is 10.8. The highest BCUT2D eigenvalue weighted by atomic mass is 79.9. The molecule has 0 radical (unpaired) electrons. The molecule has 0 saturated heterocycles. The van der Waals surface area contributed by atoms with Gasteiger partial charge in [0.15, 0.2) is 0 Å². The van der Waals surface area contributed by atoms with E-state index in [4.69, 9.17) is 0 Å². The summed E-state index contributed by atoms with van der Waals surface area (Å²) in [4.78, 5) is 4.26. The number of rotatable bonds is 0. The lowest BCUT2D eigenvalue weighted by molar-refractivity contribution is 0.482. The van der Waals surface area contributed by atoms with Crippen LogP contribution < -0.4 is 0 Å². The lowest BCUT2D eigenvalue weighted by Gasteiger charge is -1.93. The maximum atomic E-state index is 9.51. The Morgan fingerprint density at radius 3 is 3.00 bits per heavy atom. The number of fused-ring (bicyclic) bond motifs is 1. The highest BCUT2D eigenvalue weighted by Crippen LogP contribution is 2.32. The molecule has 1 aromatic carbocycles. The van der Waals surface area contributed by atoms with Crippen LogP contribution in [0, 0.1) is 6.92 Å². The van der Waals surface area contributed by atoms with E-state index in [1.807, 2.05) is 13.0 Å². The first kappa shape index (κ1) is 8.01. The summed E-state index contributed by atoms with van der Waals surface area (Å²) in [5, 5.41) is 10.5. The monoisotopic (exact) mass is 243 g/mol. The van der Waals surface area contributed by atoms with Crippen LogP contribution >= 0.6 is 27.3 Å². The average Bonchev–Trinajstić information content (AvgIpc) is 2.29. The van der Waals surface area contributed by atoms with E-state index in [2.05, 4.69) is 20.9 Å². The van der Waals surface area contributed by atoms with Gasteiger partial charge in [-0.05, 0) is 19.1 Å². The van der Waals surface area contributed by atoms with Crippen molar-refractivity contribution in [2.45, 2.75) is 6.92 Å². The van der Waals surface area contributed by atoms with Crippen molar-refractivity contribution >= 4 is 37.5 Å². The van der Waals surface area contributed by atoms with Crippen LogP contribution in [0.1, 0.15) is 5.01 Å². The Bertz CT molecular complexity index is 438. The summed E-state index contributed by atoms with van der Waals surface area (Å²) in [7, 11) is 0. The third-order valence-electron chi connectivity index (χ3n) is 1.54. The van der Waals surface area contributed by atoms with Gasteiger partial charge in [-0.25, -0.2) is 4.98 Å². The van der Waals surface area contributed by atoms with Crippen LogP contribution in [-0.2, 0) is 0 Å². The molecule has 4 heteroatoms. The van der Waals surface area contributed by atoms with Gasteiger partial charge in [0.2, 0.25) is 0 Å². The van der Waals surface area contributed by atoms with E-state index in [9.17, 15) is 5.11 Å². The van der Waals surface area contributed by atoms with Crippen molar-refractivity contribution in [1.29, 1.82) is 0 Å². The standard InChI is InChI=1S/C8H6BrNOS/c1-4-10-6-2-5(9)3-7(11)8(6)12-4/h2-3,11H,1H3. The lowest BCUT2D eigenvalue weighted by atomic mass is 10.3. The van der Waals surface area contributed by atoms with Crippen molar-refractivity contribution < 1.29 is 5.11 Å². The van der Waals surface area contributed by atoms with E-state index in [-0.39, 0.29) is 0 Å². The molecule has 1 heterocycles. The number of halogens is 1. The van der Waals surface area contributed by atoms with Gasteiger partial charge in [-0.2, -0.15) is 0 Å². The van der Waals surface area contributed by atoms with E-state index in [1.165, 1.54) is 11.3 Å². The zero-order chi connectivity index (χ0) is 8.72. The van der Waals surface area contributed by atoms with Crippen molar-refractivity contribution in [2.24, 2.45) is 0 Å². The second kappa shape index (κ2) is 2.71. The molecule has 0 amide bonds. The second-order valence-corrected chi connectivity index (χ2v) is 4.62. The fourth-order valence-corrected chi connectivity index (χ4v) is 2.34. The van der Waals surface area contributed by atoms with Gasteiger partial charge in [0, 0.05) is 4.47 Å². The largest absolute Gasteiger partial charge is 0.506 e. The Labute approximate surface area is 82.0 Å². The highest BCUT2D eigenvalue weighted by Gasteiger charge is 2.05. The molecule has 1 N–H and O–H groups in total. The van der Waals surface area contributed by atoms with Gasteiger partial charge < -0.3 is 5.11 Å². The fraction of sp³-hybridized carbons (Fsp3) is 0.125. The molecule has 2 aromatic rings. The molecule has 12 heavy (non-hydrogen) atoms. The molecular formula is C8H6BrNOS. The number of aromatic hydroxyl groups is 1. The number of aromatic nitrogens is 1. The minimum absolute atomic E-state index is 0.296. The first-order valence-electron chi connectivity index (χ1n) is 3.42. The molecule has 0 aliphatic rings. The summed E-state index contributed by atoms with van der Waals surface area (Å²) in [6, 6.07) is 3.58. The van der Waals surface area contributed by atoms with Gasteiger partial charge in [-0.3, -0.25) is 0 Å². The summed E-state index contributed by atoms with van der Waals surface area (Å²) in [6.07, 6.45) is 0. The van der Waals surface area contributed by atoms with Crippen LogP contribution in [0.25, 0.3) is 10.2 Å². The molecule has 1 aromatic heterocycles. The van der Waals surface area contributed by atoms with Crippen LogP contribution in [0.4, 0.5) is 0 Å². The number of benzene rings is 1. The van der Waals surface area contributed by atoms with Crippen LogP contribution in [0.3, 0.4) is 0 Å². The maximum absolute atomic E-state index is 9.51. The predicted molar refractivity (Wildman–Crippen MR) is 53.7 cm³/mol. The van der Waals surface area contributed by atoms with E-state index >= 15 is 0 Å². The predicted octanol–water partition coefficient (Wildman–Crippen LogP) is 3.07. The highest BCUT2D eigenvalue weighted by molar-refractivity contribution is 9.10. The van der Waals surface area contributed by atoms with Crippen molar-refractivity contribution in [2.75, 3.05) is 0 Å². The Kier molecular flexibility index (Phi) is 1.81. The number of phenolic OH excluding ortho intramolecular Hbond substituents is 1. The van der Waals surface area contributed by atoms with Gasteiger partial charge in [0.25, 0.3) is 0 Å². The molecule has 0 spiro atoms. The van der Waals surface area contributed by atoms with E-state index in [1.54, 1.807) is 6.07 Å². The summed E-state index contributed by atoms with van der Waals surface area (Å²) in [6.45, 7) is 1.93. The molecule has 62 valence electrons. The van der Waals surface area contributed by atoms with Crippen LogP contribution in [0.5, 0.6) is 5.75 Å². The molecule has 0 saturated carbocycles. The number of nitrogens with zero attached hydrogens (tertiary/aromatic N) is 1. The van der Waals surface area contributed by atoms with Gasteiger partial charge in [-0.1, -0.05) is 15.9 Å². The molecular weight excluding hydrogens is 238 g/mol. The lowest BCUT2D eigenvalue weighted by Crippen LogP contribution is -1.70. The average molecular weight is 244 g/mol. The molecule has 0 atom stereocenters. The Balaban J connectivity index is 2.88. The van der Waals surface area contributed by atoms with Crippen molar-refractivity contribution in [3.63, 3.8) is 0 Å². The molecule has 2 nitrogen and oxygen atoms in total. The fourth-order valence-electron chi connectivity index (χ4n) is 1.09. The summed E-state index contributed by atoms with van der Waals surface area (Å²) < 4.78 is 1.72. The third kappa shape index (κ3) is 1.21. The number of hydrogen-bond donors (Lipinski definition) is 1. The van der Waals surface area contributed by atoms with Crippen LogP contribution in [0.15, 0.2) is 16.6 Å². The van der Waals surface area contributed by atoms with Crippen molar-refractivity contribution in [1.82, 2.24) is 4.98 Å². The van der Waals surface area contributed by atoms with Crippen molar-refractivity contribution in [3.05, 3.63) is 21.6 Å². The summed E-state index contributed by atoms with van der Waals surface area (Å²) in [5.74, 6) is 0.296. The van der Waals surface area contributed by atoms with E-state index < -0.39 is 0 Å². The minimum Gasteiger partial charge on any atom is -0.506 e. The number of aryl methyl sites for hydroxylation is 1. The third-order valence-corrected chi connectivity index (χ3v) is 3.01. The molecule has 0 aliphatic carbocycles. The Morgan fingerprint density at radius 1 is 1.50 bits per heavy atom. The van der Waals surface area contributed by atoms with Crippen LogP contribution in [0.2, 0.25) is 0 Å². The number of hydrogen-bond acceptors (Lipinski definition) is 3. The summed E-state index contributed by atoms with van der Waals surface area (Å²) >= 11 is 4.80.